The van der Waals surface area contributed by atoms with Gasteiger partial charge >= 0.3 is 0 Å². The fraction of sp³-hybridized carbons (Fsp3) is 0.316. The standard InChI is InChI=1S/C11H16O.C8H6Br2O2/c1-4-7-12-11-6-5-9(2)8-10(11)3;1-4(11)5-2-6(9)8(12)7(10)3-5/h5-6,8H,4,7H2,1-3H3;2-3,12H,1H3. The van der Waals surface area contributed by atoms with Gasteiger partial charge in [0.1, 0.15) is 11.5 Å². The van der Waals surface area contributed by atoms with Gasteiger partial charge in [-0.15, -0.1) is 0 Å². The Morgan fingerprint density at radius 2 is 1.71 bits per heavy atom. The highest BCUT2D eigenvalue weighted by molar-refractivity contribution is 9.11. The molecule has 0 unspecified atom stereocenters. The van der Waals surface area contributed by atoms with Gasteiger partial charge in [0, 0.05) is 5.56 Å². The lowest BCUT2D eigenvalue weighted by Gasteiger charge is -2.07. The fourth-order valence-corrected chi connectivity index (χ4v) is 3.13. The zero-order valence-corrected chi connectivity index (χ0v) is 17.5. The van der Waals surface area contributed by atoms with Crippen molar-refractivity contribution in [3.05, 3.63) is 56.0 Å². The fourth-order valence-electron chi connectivity index (χ4n) is 1.94. The molecule has 0 saturated heterocycles. The monoisotopic (exact) mass is 456 g/mol. The van der Waals surface area contributed by atoms with Gasteiger partial charge in [-0.2, -0.15) is 0 Å². The van der Waals surface area contributed by atoms with Crippen LogP contribution in [-0.4, -0.2) is 17.5 Å². The molecule has 0 heterocycles. The number of benzene rings is 2. The molecule has 0 atom stereocenters. The van der Waals surface area contributed by atoms with Gasteiger partial charge in [-0.1, -0.05) is 24.6 Å². The van der Waals surface area contributed by atoms with Crippen LogP contribution in [0.2, 0.25) is 0 Å². The molecular formula is C19H22Br2O3. The number of hydrogen-bond acceptors (Lipinski definition) is 3. The number of halogens is 2. The second kappa shape index (κ2) is 9.84. The Bertz CT molecular complexity index is 689. The maximum atomic E-state index is 10.9. The molecule has 0 fully saturated rings. The summed E-state index contributed by atoms with van der Waals surface area (Å²) < 4.78 is 6.57. The van der Waals surface area contributed by atoms with E-state index in [0.717, 1.165) is 18.8 Å². The zero-order chi connectivity index (χ0) is 18.3. The highest BCUT2D eigenvalue weighted by Crippen LogP contribution is 2.33. The summed E-state index contributed by atoms with van der Waals surface area (Å²) in [5.41, 5.74) is 3.08. The summed E-state index contributed by atoms with van der Waals surface area (Å²) in [4.78, 5) is 10.9. The van der Waals surface area contributed by atoms with Crippen LogP contribution in [0, 0.1) is 13.8 Å². The average molecular weight is 458 g/mol. The second-order valence-electron chi connectivity index (χ2n) is 5.46. The third kappa shape index (κ3) is 6.29. The van der Waals surface area contributed by atoms with E-state index in [1.54, 1.807) is 12.1 Å². The summed E-state index contributed by atoms with van der Waals surface area (Å²) in [5, 5.41) is 9.31. The zero-order valence-electron chi connectivity index (χ0n) is 14.3. The van der Waals surface area contributed by atoms with Crippen molar-refractivity contribution in [3.63, 3.8) is 0 Å². The molecule has 0 aromatic heterocycles. The lowest BCUT2D eigenvalue weighted by Crippen LogP contribution is -1.96. The number of carbonyl (C=O) groups is 1. The van der Waals surface area contributed by atoms with Crippen molar-refractivity contribution in [2.75, 3.05) is 6.61 Å². The Kier molecular flexibility index (Phi) is 8.50. The minimum atomic E-state index is -0.0311. The number of aromatic hydroxyl groups is 1. The van der Waals surface area contributed by atoms with Gasteiger partial charge in [-0.05, 0) is 82.8 Å². The number of carbonyl (C=O) groups excluding carboxylic acids is 1. The van der Waals surface area contributed by atoms with Crippen LogP contribution in [0.15, 0.2) is 39.3 Å². The molecule has 3 nitrogen and oxygen atoms in total. The largest absolute Gasteiger partial charge is 0.506 e. The third-order valence-electron chi connectivity index (χ3n) is 3.22. The molecule has 2 aromatic rings. The van der Waals surface area contributed by atoms with E-state index in [1.807, 2.05) is 6.07 Å². The van der Waals surface area contributed by atoms with Crippen molar-refractivity contribution in [2.45, 2.75) is 34.1 Å². The van der Waals surface area contributed by atoms with E-state index in [4.69, 9.17) is 4.74 Å². The molecule has 0 spiro atoms. The van der Waals surface area contributed by atoms with Crippen molar-refractivity contribution in [1.82, 2.24) is 0 Å². The highest BCUT2D eigenvalue weighted by Gasteiger charge is 2.07. The first-order valence-electron chi connectivity index (χ1n) is 7.65. The number of phenolic OH excluding ortho intramolecular Hbond substituents is 1. The molecule has 2 rings (SSSR count). The Hall–Kier alpha value is -1.33. The smallest absolute Gasteiger partial charge is 0.159 e. The van der Waals surface area contributed by atoms with Crippen molar-refractivity contribution in [2.24, 2.45) is 0 Å². The van der Waals surface area contributed by atoms with Crippen LogP contribution in [0.25, 0.3) is 0 Å². The maximum absolute atomic E-state index is 10.9. The van der Waals surface area contributed by atoms with Crippen LogP contribution in [0.1, 0.15) is 41.8 Å². The van der Waals surface area contributed by atoms with E-state index < -0.39 is 0 Å². The molecule has 0 aliphatic rings. The van der Waals surface area contributed by atoms with Gasteiger partial charge in [-0.25, -0.2) is 0 Å². The Balaban J connectivity index is 0.000000240. The van der Waals surface area contributed by atoms with Crippen LogP contribution >= 0.6 is 31.9 Å². The van der Waals surface area contributed by atoms with Crippen LogP contribution in [0.4, 0.5) is 0 Å². The highest BCUT2D eigenvalue weighted by atomic mass is 79.9. The van der Waals surface area contributed by atoms with Crippen LogP contribution in [0.3, 0.4) is 0 Å². The Morgan fingerprint density at radius 1 is 1.12 bits per heavy atom. The summed E-state index contributed by atoms with van der Waals surface area (Å²) in [6.45, 7) is 8.58. The molecular weight excluding hydrogens is 436 g/mol. The molecule has 130 valence electrons. The number of rotatable bonds is 4. The molecule has 0 amide bonds. The summed E-state index contributed by atoms with van der Waals surface area (Å²) in [7, 11) is 0. The van der Waals surface area contributed by atoms with E-state index in [-0.39, 0.29) is 11.5 Å². The molecule has 0 saturated carbocycles. The normalized spacial score (nSPS) is 9.92. The van der Waals surface area contributed by atoms with Gasteiger partial charge in [0.05, 0.1) is 15.6 Å². The maximum Gasteiger partial charge on any atom is 0.159 e. The minimum absolute atomic E-state index is 0.0311. The number of ketones is 1. The quantitative estimate of drug-likeness (QED) is 0.555. The number of hydrogen-bond donors (Lipinski definition) is 1. The molecule has 0 aliphatic carbocycles. The van der Waals surface area contributed by atoms with Crippen molar-refractivity contribution in [3.8, 4) is 11.5 Å². The summed E-state index contributed by atoms with van der Waals surface area (Å²) in [6, 6.07) is 9.44. The molecule has 0 aliphatic heterocycles. The van der Waals surface area contributed by atoms with Crippen molar-refractivity contribution >= 4 is 37.6 Å². The predicted octanol–water partition coefficient (Wildman–Crippen LogP) is 6.21. The minimum Gasteiger partial charge on any atom is -0.506 e. The number of Topliss-reactive ketones (excluding diaryl/α,β-unsaturated/α-hetero) is 1. The lowest BCUT2D eigenvalue weighted by molar-refractivity contribution is 0.101. The first kappa shape index (κ1) is 20.7. The van der Waals surface area contributed by atoms with E-state index >= 15 is 0 Å². The molecule has 0 radical (unpaired) electrons. The Morgan fingerprint density at radius 3 is 2.17 bits per heavy atom. The predicted molar refractivity (Wildman–Crippen MR) is 105 cm³/mol. The van der Waals surface area contributed by atoms with Gasteiger partial charge in [-0.3, -0.25) is 4.79 Å². The number of aryl methyl sites for hydroxylation is 2. The summed E-state index contributed by atoms with van der Waals surface area (Å²) in [6.07, 6.45) is 1.06. The topological polar surface area (TPSA) is 46.5 Å². The lowest BCUT2D eigenvalue weighted by atomic mass is 10.1. The van der Waals surface area contributed by atoms with Gasteiger partial charge in [0.15, 0.2) is 5.78 Å². The molecule has 24 heavy (non-hydrogen) atoms. The molecule has 0 bridgehead atoms. The number of phenols is 1. The van der Waals surface area contributed by atoms with Gasteiger partial charge in [0.2, 0.25) is 0 Å². The molecule has 1 N–H and O–H groups in total. The van der Waals surface area contributed by atoms with Gasteiger partial charge < -0.3 is 9.84 Å². The van der Waals surface area contributed by atoms with E-state index in [9.17, 15) is 9.90 Å². The second-order valence-corrected chi connectivity index (χ2v) is 7.17. The Labute approximate surface area is 160 Å². The molecule has 5 heteroatoms. The van der Waals surface area contributed by atoms with Crippen molar-refractivity contribution < 1.29 is 14.6 Å². The average Bonchev–Trinajstić information content (AvgIpc) is 2.52. The van der Waals surface area contributed by atoms with Crippen LogP contribution < -0.4 is 4.74 Å². The van der Waals surface area contributed by atoms with E-state index in [2.05, 4.69) is 64.8 Å². The molecule has 2 aromatic carbocycles. The third-order valence-corrected chi connectivity index (χ3v) is 4.42. The number of ether oxygens (including phenoxy) is 1. The van der Waals surface area contributed by atoms with E-state index in [0.29, 0.717) is 14.5 Å². The first-order chi connectivity index (χ1) is 11.3. The summed E-state index contributed by atoms with van der Waals surface area (Å²) in [5.74, 6) is 1.10. The first-order valence-corrected chi connectivity index (χ1v) is 9.23. The van der Waals surface area contributed by atoms with E-state index in [1.165, 1.54) is 18.1 Å². The summed E-state index contributed by atoms with van der Waals surface area (Å²) >= 11 is 6.27. The van der Waals surface area contributed by atoms with Gasteiger partial charge in [0.25, 0.3) is 0 Å². The van der Waals surface area contributed by atoms with Crippen molar-refractivity contribution in [1.29, 1.82) is 0 Å². The van der Waals surface area contributed by atoms with Crippen LogP contribution in [0.5, 0.6) is 11.5 Å². The van der Waals surface area contributed by atoms with Crippen LogP contribution in [-0.2, 0) is 0 Å². The SMILES string of the molecule is CC(=O)c1cc(Br)c(O)c(Br)c1.CCCOc1ccc(C)cc1C.